The van der Waals surface area contributed by atoms with Crippen molar-refractivity contribution in [2.24, 2.45) is 11.8 Å². The van der Waals surface area contributed by atoms with Gasteiger partial charge in [0.25, 0.3) is 0 Å². The third kappa shape index (κ3) is 3.00. The Kier molecular flexibility index (Phi) is 5.10. The fourth-order valence-corrected chi connectivity index (χ4v) is 2.26. The maximum Gasteiger partial charge on any atom is 0.335 e. The maximum absolute atomic E-state index is 11.6. The summed E-state index contributed by atoms with van der Waals surface area (Å²) < 4.78 is 20.7. The summed E-state index contributed by atoms with van der Waals surface area (Å²) in [5.74, 6) is -1.33. The molecule has 104 valence electrons. The van der Waals surface area contributed by atoms with Gasteiger partial charge in [0.2, 0.25) is 0 Å². The molecule has 1 heterocycles. The van der Waals surface area contributed by atoms with Crippen molar-refractivity contribution >= 4 is 11.9 Å². The van der Waals surface area contributed by atoms with E-state index in [4.69, 9.17) is 14.2 Å². The summed E-state index contributed by atoms with van der Waals surface area (Å²) in [5, 5.41) is 0. The van der Waals surface area contributed by atoms with Crippen molar-refractivity contribution < 1.29 is 28.5 Å². The molecule has 0 amide bonds. The number of carbonyl (C=O) groups excluding carboxylic acids is 2. The molecule has 0 saturated carbocycles. The molecule has 5 atom stereocenters. The SMILES string of the molecule is COC(=O)[C@H]1O[C@@H](OC)C(C)[C@@H](OC(C)=O)C1C. The van der Waals surface area contributed by atoms with Gasteiger partial charge in [-0.15, -0.1) is 0 Å². The lowest BCUT2D eigenvalue weighted by Crippen LogP contribution is -2.54. The van der Waals surface area contributed by atoms with Crippen LogP contribution in [0.5, 0.6) is 0 Å². The van der Waals surface area contributed by atoms with Crippen molar-refractivity contribution in [3.8, 4) is 0 Å². The average Bonchev–Trinajstić information content (AvgIpc) is 2.33. The highest BCUT2D eigenvalue weighted by Crippen LogP contribution is 2.33. The Morgan fingerprint density at radius 1 is 1.11 bits per heavy atom. The van der Waals surface area contributed by atoms with E-state index >= 15 is 0 Å². The largest absolute Gasteiger partial charge is 0.467 e. The number of esters is 2. The Bertz CT molecular complexity index is 316. The molecule has 1 fully saturated rings. The van der Waals surface area contributed by atoms with Crippen LogP contribution in [0.4, 0.5) is 0 Å². The fourth-order valence-electron chi connectivity index (χ4n) is 2.26. The van der Waals surface area contributed by atoms with E-state index < -0.39 is 24.5 Å². The molecule has 0 radical (unpaired) electrons. The fraction of sp³-hybridized carbons (Fsp3) is 0.833. The summed E-state index contributed by atoms with van der Waals surface area (Å²) in [7, 11) is 2.77. The van der Waals surface area contributed by atoms with Crippen molar-refractivity contribution in [1.82, 2.24) is 0 Å². The second-order valence-electron chi connectivity index (χ2n) is 4.48. The Morgan fingerprint density at radius 3 is 2.17 bits per heavy atom. The molecule has 2 unspecified atom stereocenters. The topological polar surface area (TPSA) is 71.1 Å². The molecular formula is C12H20O6. The van der Waals surface area contributed by atoms with Gasteiger partial charge >= 0.3 is 11.9 Å². The minimum absolute atomic E-state index is 0.158. The van der Waals surface area contributed by atoms with Crippen LogP contribution in [0, 0.1) is 11.8 Å². The Morgan fingerprint density at radius 2 is 1.72 bits per heavy atom. The molecular weight excluding hydrogens is 240 g/mol. The Hall–Kier alpha value is -1.14. The zero-order chi connectivity index (χ0) is 13.9. The van der Waals surface area contributed by atoms with E-state index in [1.165, 1.54) is 21.1 Å². The summed E-state index contributed by atoms with van der Waals surface area (Å²) in [6.07, 6.45) is -1.83. The molecule has 0 aromatic rings. The standard InChI is InChI=1S/C12H20O6/c1-6-9(17-8(3)13)7(2)12(16-5)18-10(6)11(14)15-4/h6-7,9-10,12H,1-5H3/t6?,7?,9-,10-,12+/m0/s1. The smallest absolute Gasteiger partial charge is 0.335 e. The first kappa shape index (κ1) is 14.9. The third-order valence-corrected chi connectivity index (χ3v) is 3.19. The lowest BCUT2D eigenvalue weighted by molar-refractivity contribution is -0.258. The molecule has 6 heteroatoms. The van der Waals surface area contributed by atoms with E-state index in [2.05, 4.69) is 4.74 Å². The van der Waals surface area contributed by atoms with E-state index in [1.54, 1.807) is 6.92 Å². The van der Waals surface area contributed by atoms with Crippen LogP contribution in [0.3, 0.4) is 0 Å². The van der Waals surface area contributed by atoms with E-state index in [0.717, 1.165) is 0 Å². The van der Waals surface area contributed by atoms with Gasteiger partial charge in [-0.05, 0) is 0 Å². The van der Waals surface area contributed by atoms with Gasteiger partial charge in [0.1, 0.15) is 6.10 Å². The van der Waals surface area contributed by atoms with Gasteiger partial charge in [0.05, 0.1) is 7.11 Å². The number of hydrogen-bond donors (Lipinski definition) is 0. The summed E-state index contributed by atoms with van der Waals surface area (Å²) in [6, 6.07) is 0. The quantitative estimate of drug-likeness (QED) is 0.697. The van der Waals surface area contributed by atoms with Crippen molar-refractivity contribution in [1.29, 1.82) is 0 Å². The van der Waals surface area contributed by atoms with Gasteiger partial charge in [0.15, 0.2) is 12.4 Å². The van der Waals surface area contributed by atoms with E-state index in [-0.39, 0.29) is 17.8 Å². The predicted molar refractivity (Wildman–Crippen MR) is 61.6 cm³/mol. The molecule has 0 bridgehead atoms. The minimum atomic E-state index is -0.791. The lowest BCUT2D eigenvalue weighted by atomic mass is 9.85. The van der Waals surface area contributed by atoms with Crippen LogP contribution in [0.25, 0.3) is 0 Å². The van der Waals surface area contributed by atoms with Crippen LogP contribution in [-0.2, 0) is 28.5 Å². The summed E-state index contributed by atoms with van der Waals surface area (Å²) in [6.45, 7) is 4.98. The van der Waals surface area contributed by atoms with Gasteiger partial charge < -0.3 is 18.9 Å². The summed E-state index contributed by atoms with van der Waals surface area (Å²) in [4.78, 5) is 22.8. The van der Waals surface area contributed by atoms with Gasteiger partial charge in [0, 0.05) is 25.9 Å². The minimum Gasteiger partial charge on any atom is -0.467 e. The second-order valence-corrected chi connectivity index (χ2v) is 4.48. The molecule has 0 spiro atoms. The third-order valence-electron chi connectivity index (χ3n) is 3.19. The predicted octanol–water partition coefficient (Wildman–Crippen LogP) is 0.735. The molecule has 18 heavy (non-hydrogen) atoms. The molecule has 1 rings (SSSR count). The van der Waals surface area contributed by atoms with Gasteiger partial charge in [-0.2, -0.15) is 0 Å². The highest BCUT2D eigenvalue weighted by Gasteiger charge is 2.47. The Labute approximate surface area is 107 Å². The highest BCUT2D eigenvalue weighted by molar-refractivity contribution is 5.75. The first-order valence-corrected chi connectivity index (χ1v) is 5.85. The number of carbonyl (C=O) groups is 2. The van der Waals surface area contributed by atoms with Crippen LogP contribution >= 0.6 is 0 Å². The van der Waals surface area contributed by atoms with E-state index in [1.807, 2.05) is 6.92 Å². The molecule has 1 aliphatic rings. The van der Waals surface area contributed by atoms with E-state index in [0.29, 0.717) is 0 Å². The number of hydrogen-bond acceptors (Lipinski definition) is 6. The molecule has 1 aliphatic heterocycles. The lowest BCUT2D eigenvalue weighted by Gasteiger charge is -2.42. The molecule has 0 aromatic carbocycles. The molecule has 0 N–H and O–H groups in total. The summed E-state index contributed by atoms with van der Waals surface area (Å²) in [5.41, 5.74) is 0. The van der Waals surface area contributed by atoms with Crippen LogP contribution in [0.15, 0.2) is 0 Å². The zero-order valence-electron chi connectivity index (χ0n) is 11.3. The normalized spacial score (nSPS) is 35.9. The first-order chi connectivity index (χ1) is 8.42. The maximum atomic E-state index is 11.6. The number of methoxy groups -OCH3 is 2. The van der Waals surface area contributed by atoms with Crippen molar-refractivity contribution in [3.05, 3.63) is 0 Å². The summed E-state index contributed by atoms with van der Waals surface area (Å²) >= 11 is 0. The monoisotopic (exact) mass is 260 g/mol. The molecule has 1 saturated heterocycles. The van der Waals surface area contributed by atoms with Gasteiger partial charge in [-0.25, -0.2) is 4.79 Å². The van der Waals surface area contributed by atoms with Crippen LogP contribution in [-0.4, -0.2) is 44.7 Å². The van der Waals surface area contributed by atoms with Gasteiger partial charge in [-0.1, -0.05) is 13.8 Å². The van der Waals surface area contributed by atoms with Crippen LogP contribution < -0.4 is 0 Å². The van der Waals surface area contributed by atoms with Crippen molar-refractivity contribution in [2.75, 3.05) is 14.2 Å². The first-order valence-electron chi connectivity index (χ1n) is 5.85. The number of ether oxygens (including phenoxy) is 4. The van der Waals surface area contributed by atoms with Crippen molar-refractivity contribution in [3.63, 3.8) is 0 Å². The van der Waals surface area contributed by atoms with Crippen LogP contribution in [0.2, 0.25) is 0 Å². The van der Waals surface area contributed by atoms with E-state index in [9.17, 15) is 9.59 Å². The highest BCUT2D eigenvalue weighted by atomic mass is 16.7. The Balaban J connectivity index is 2.91. The van der Waals surface area contributed by atoms with Crippen molar-refractivity contribution in [2.45, 2.75) is 39.3 Å². The molecule has 0 aromatic heterocycles. The second kappa shape index (κ2) is 6.15. The van der Waals surface area contributed by atoms with Crippen LogP contribution in [0.1, 0.15) is 20.8 Å². The average molecular weight is 260 g/mol. The number of rotatable bonds is 3. The zero-order valence-corrected chi connectivity index (χ0v) is 11.3. The molecule has 6 nitrogen and oxygen atoms in total. The molecule has 0 aliphatic carbocycles. The van der Waals surface area contributed by atoms with Gasteiger partial charge in [-0.3, -0.25) is 4.79 Å².